The van der Waals surface area contributed by atoms with E-state index in [9.17, 15) is 4.79 Å². The van der Waals surface area contributed by atoms with Crippen molar-refractivity contribution in [1.82, 2.24) is 0 Å². The maximum absolute atomic E-state index is 10.5. The van der Waals surface area contributed by atoms with Gasteiger partial charge in [0.2, 0.25) is 0 Å². The van der Waals surface area contributed by atoms with Crippen molar-refractivity contribution in [3.8, 4) is 0 Å². The van der Waals surface area contributed by atoms with E-state index in [-0.39, 0.29) is 6.54 Å². The van der Waals surface area contributed by atoms with Gasteiger partial charge in [0.25, 0.3) is 0 Å². The van der Waals surface area contributed by atoms with Crippen molar-refractivity contribution >= 4 is 23.1 Å². The summed E-state index contributed by atoms with van der Waals surface area (Å²) in [5.74, 6) is -1.000. The summed E-state index contributed by atoms with van der Waals surface area (Å²) in [6, 6.07) is 6.87. The summed E-state index contributed by atoms with van der Waals surface area (Å²) in [5.41, 5.74) is 6.78. The number of nitrogens with two attached hydrogens (primary N) is 1. The van der Waals surface area contributed by atoms with Crippen molar-refractivity contribution in [2.75, 3.05) is 6.54 Å². The van der Waals surface area contributed by atoms with Crippen LogP contribution in [0.25, 0.3) is 5.57 Å². The minimum Gasteiger partial charge on any atom is -0.478 e. The Morgan fingerprint density at radius 1 is 1.43 bits per heavy atom. The van der Waals surface area contributed by atoms with Crippen molar-refractivity contribution in [1.29, 1.82) is 0 Å². The molecule has 0 aliphatic rings. The zero-order valence-electron chi connectivity index (χ0n) is 7.40. The third-order valence-electron chi connectivity index (χ3n) is 1.73. The summed E-state index contributed by atoms with van der Waals surface area (Å²) in [4.78, 5) is 10.5. The Morgan fingerprint density at radius 3 is 2.43 bits per heavy atom. The molecule has 0 aromatic heterocycles. The molecule has 74 valence electrons. The molecule has 0 radical (unpaired) electrons. The van der Waals surface area contributed by atoms with Gasteiger partial charge in [0, 0.05) is 17.6 Å². The molecule has 0 fully saturated rings. The highest BCUT2D eigenvalue weighted by Crippen LogP contribution is 2.16. The SMILES string of the molecule is NC/C(=C\C(=O)O)c1ccc(Cl)cc1. The van der Waals surface area contributed by atoms with Gasteiger partial charge in [0.05, 0.1) is 0 Å². The van der Waals surface area contributed by atoms with Crippen molar-refractivity contribution in [2.45, 2.75) is 0 Å². The second-order valence-electron chi connectivity index (χ2n) is 2.72. The first kappa shape index (κ1) is 10.8. The second kappa shape index (κ2) is 4.79. The number of rotatable bonds is 3. The summed E-state index contributed by atoms with van der Waals surface area (Å²) in [6.07, 6.45) is 1.10. The fourth-order valence-electron chi connectivity index (χ4n) is 1.07. The van der Waals surface area contributed by atoms with Gasteiger partial charge in [0.15, 0.2) is 0 Å². The van der Waals surface area contributed by atoms with Crippen LogP contribution < -0.4 is 5.73 Å². The predicted octanol–water partition coefficient (Wildman–Crippen LogP) is 1.77. The van der Waals surface area contributed by atoms with E-state index in [4.69, 9.17) is 22.4 Å². The molecule has 0 bridgehead atoms. The molecule has 0 saturated heterocycles. The zero-order chi connectivity index (χ0) is 10.6. The van der Waals surface area contributed by atoms with Crippen molar-refractivity contribution in [3.63, 3.8) is 0 Å². The van der Waals surface area contributed by atoms with Gasteiger partial charge in [-0.25, -0.2) is 4.79 Å². The molecule has 3 nitrogen and oxygen atoms in total. The van der Waals surface area contributed by atoms with Crippen LogP contribution in [0.2, 0.25) is 5.02 Å². The Kier molecular flexibility index (Phi) is 3.68. The molecule has 0 aliphatic heterocycles. The lowest BCUT2D eigenvalue weighted by atomic mass is 10.1. The third-order valence-corrected chi connectivity index (χ3v) is 1.98. The minimum absolute atomic E-state index is 0.188. The van der Waals surface area contributed by atoms with Gasteiger partial charge in [-0.1, -0.05) is 23.7 Å². The number of hydrogen-bond donors (Lipinski definition) is 2. The number of benzene rings is 1. The van der Waals surface area contributed by atoms with E-state index in [2.05, 4.69) is 0 Å². The van der Waals surface area contributed by atoms with E-state index in [1.165, 1.54) is 0 Å². The van der Waals surface area contributed by atoms with Gasteiger partial charge >= 0.3 is 5.97 Å². The highest BCUT2D eigenvalue weighted by Gasteiger charge is 2.01. The van der Waals surface area contributed by atoms with Crippen LogP contribution in [-0.2, 0) is 4.79 Å². The molecule has 1 rings (SSSR count). The Labute approximate surface area is 86.8 Å². The van der Waals surface area contributed by atoms with Crippen molar-refractivity contribution in [2.24, 2.45) is 5.73 Å². The molecule has 0 heterocycles. The normalized spacial score (nSPS) is 11.4. The number of halogens is 1. The zero-order valence-corrected chi connectivity index (χ0v) is 8.16. The number of hydrogen-bond acceptors (Lipinski definition) is 2. The maximum atomic E-state index is 10.5. The molecule has 0 unspecified atom stereocenters. The number of carbonyl (C=O) groups is 1. The predicted molar refractivity (Wildman–Crippen MR) is 56.1 cm³/mol. The lowest BCUT2D eigenvalue weighted by molar-refractivity contribution is -0.131. The van der Waals surface area contributed by atoms with Crippen LogP contribution in [0.3, 0.4) is 0 Å². The molecule has 0 saturated carbocycles. The minimum atomic E-state index is -1.000. The van der Waals surface area contributed by atoms with Crippen LogP contribution in [0, 0.1) is 0 Å². The fourth-order valence-corrected chi connectivity index (χ4v) is 1.20. The highest BCUT2D eigenvalue weighted by molar-refractivity contribution is 6.30. The molecule has 1 aromatic carbocycles. The van der Waals surface area contributed by atoms with Gasteiger partial charge in [-0.2, -0.15) is 0 Å². The van der Waals surface area contributed by atoms with Crippen molar-refractivity contribution in [3.05, 3.63) is 40.9 Å². The molecule has 1 aromatic rings. The van der Waals surface area contributed by atoms with E-state index in [1.807, 2.05) is 0 Å². The van der Waals surface area contributed by atoms with Gasteiger partial charge in [0.1, 0.15) is 0 Å². The van der Waals surface area contributed by atoms with Crippen LogP contribution in [-0.4, -0.2) is 17.6 Å². The molecule has 0 spiro atoms. The number of carboxylic acid groups (broad SMARTS) is 1. The van der Waals surface area contributed by atoms with Crippen LogP contribution in [0.15, 0.2) is 30.3 Å². The first-order valence-corrected chi connectivity index (χ1v) is 4.41. The Bertz CT molecular complexity index is 357. The first-order valence-electron chi connectivity index (χ1n) is 4.03. The molecule has 3 N–H and O–H groups in total. The third kappa shape index (κ3) is 2.87. The van der Waals surface area contributed by atoms with E-state index in [0.29, 0.717) is 10.6 Å². The maximum Gasteiger partial charge on any atom is 0.328 e. The van der Waals surface area contributed by atoms with Crippen LogP contribution in [0.4, 0.5) is 0 Å². The Morgan fingerprint density at radius 2 is 2.00 bits per heavy atom. The summed E-state index contributed by atoms with van der Waals surface area (Å²) < 4.78 is 0. The molecule has 4 heteroatoms. The monoisotopic (exact) mass is 211 g/mol. The van der Waals surface area contributed by atoms with E-state index in [1.54, 1.807) is 24.3 Å². The van der Waals surface area contributed by atoms with Gasteiger partial charge in [-0.3, -0.25) is 0 Å². The lowest BCUT2D eigenvalue weighted by Crippen LogP contribution is -2.04. The summed E-state index contributed by atoms with van der Waals surface area (Å²) in [6.45, 7) is 0.188. The van der Waals surface area contributed by atoms with E-state index in [0.717, 1.165) is 11.6 Å². The quantitative estimate of drug-likeness (QED) is 0.749. The molecular formula is C10H10ClNO2. The van der Waals surface area contributed by atoms with Crippen LogP contribution in [0.1, 0.15) is 5.56 Å². The van der Waals surface area contributed by atoms with Gasteiger partial charge in [-0.05, 0) is 23.3 Å². The van der Waals surface area contributed by atoms with Crippen molar-refractivity contribution < 1.29 is 9.90 Å². The fraction of sp³-hybridized carbons (Fsp3) is 0.100. The Balaban J connectivity index is 3.01. The molecule has 0 atom stereocenters. The number of carboxylic acids is 1. The highest BCUT2D eigenvalue weighted by atomic mass is 35.5. The molecule has 14 heavy (non-hydrogen) atoms. The average Bonchev–Trinajstić information content (AvgIpc) is 2.15. The summed E-state index contributed by atoms with van der Waals surface area (Å²) in [5, 5.41) is 9.18. The largest absolute Gasteiger partial charge is 0.478 e. The average molecular weight is 212 g/mol. The Hall–Kier alpha value is -1.32. The summed E-state index contributed by atoms with van der Waals surface area (Å²) >= 11 is 5.70. The lowest BCUT2D eigenvalue weighted by Gasteiger charge is -2.03. The van der Waals surface area contributed by atoms with Crippen LogP contribution in [0.5, 0.6) is 0 Å². The van der Waals surface area contributed by atoms with E-state index < -0.39 is 5.97 Å². The van der Waals surface area contributed by atoms with E-state index >= 15 is 0 Å². The van der Waals surface area contributed by atoms with Crippen LogP contribution >= 0.6 is 11.6 Å². The first-order chi connectivity index (χ1) is 6.63. The topological polar surface area (TPSA) is 63.3 Å². The molecule has 0 amide bonds. The standard InChI is InChI=1S/C10H10ClNO2/c11-9-3-1-7(2-4-9)8(6-12)5-10(13)14/h1-5H,6,12H2,(H,13,14)/b8-5+. The number of aliphatic carboxylic acids is 1. The molecular weight excluding hydrogens is 202 g/mol. The molecule has 0 aliphatic carbocycles. The summed E-state index contributed by atoms with van der Waals surface area (Å²) in [7, 11) is 0. The second-order valence-corrected chi connectivity index (χ2v) is 3.16. The van der Waals surface area contributed by atoms with Gasteiger partial charge < -0.3 is 10.8 Å². The van der Waals surface area contributed by atoms with Gasteiger partial charge in [-0.15, -0.1) is 0 Å². The smallest absolute Gasteiger partial charge is 0.328 e.